The Kier molecular flexibility index (Phi) is 2.96. The molecule has 0 radical (unpaired) electrons. The summed E-state index contributed by atoms with van der Waals surface area (Å²) >= 11 is 0. The quantitative estimate of drug-likeness (QED) is 0.843. The number of hydrogen-bond acceptors (Lipinski definition) is 5. The summed E-state index contributed by atoms with van der Waals surface area (Å²) in [6.45, 7) is 3.58. The predicted octanol–water partition coefficient (Wildman–Crippen LogP) is 1.36. The number of aliphatic hydroxyl groups excluding tert-OH is 1. The first kappa shape index (κ1) is 10.8. The lowest BCUT2D eigenvalue weighted by molar-refractivity contribution is 0.181. The van der Waals surface area contributed by atoms with Crippen molar-refractivity contribution in [1.82, 2.24) is 15.1 Å². The van der Waals surface area contributed by atoms with Crippen molar-refractivity contribution in [2.75, 3.05) is 0 Å². The molecule has 1 N–H and O–H groups in total. The van der Waals surface area contributed by atoms with Crippen LogP contribution in [0.15, 0.2) is 22.7 Å². The Labute approximate surface area is 93.1 Å². The van der Waals surface area contributed by atoms with Gasteiger partial charge in [0.25, 0.3) is 0 Å². The van der Waals surface area contributed by atoms with Gasteiger partial charge in [-0.2, -0.15) is 4.98 Å². The van der Waals surface area contributed by atoms with Crippen LogP contribution >= 0.6 is 0 Å². The van der Waals surface area contributed by atoms with Crippen LogP contribution in [0, 0.1) is 6.92 Å². The van der Waals surface area contributed by atoms with E-state index in [1.807, 2.05) is 25.1 Å². The monoisotopic (exact) mass is 219 g/mol. The van der Waals surface area contributed by atoms with Gasteiger partial charge in [0, 0.05) is 5.69 Å². The van der Waals surface area contributed by atoms with Gasteiger partial charge in [0.15, 0.2) is 0 Å². The van der Waals surface area contributed by atoms with Crippen LogP contribution in [-0.4, -0.2) is 26.3 Å². The normalized spacial score (nSPS) is 12.7. The number of pyridine rings is 1. The molecule has 0 amide bonds. The molecule has 0 aliphatic heterocycles. The molecule has 5 nitrogen and oxygen atoms in total. The molecule has 84 valence electrons. The second-order valence-electron chi connectivity index (χ2n) is 3.73. The van der Waals surface area contributed by atoms with Crippen molar-refractivity contribution in [3.8, 4) is 11.5 Å². The first-order valence-electron chi connectivity index (χ1n) is 5.10. The van der Waals surface area contributed by atoms with Gasteiger partial charge >= 0.3 is 0 Å². The number of rotatable bonds is 3. The molecular formula is C11H13N3O2. The summed E-state index contributed by atoms with van der Waals surface area (Å²) in [6.07, 6.45) is -0.127. The fraction of sp³-hybridized carbons (Fsp3) is 0.364. The van der Waals surface area contributed by atoms with E-state index >= 15 is 0 Å². The maximum atomic E-state index is 9.19. The number of aryl methyl sites for hydroxylation is 1. The lowest BCUT2D eigenvalue weighted by Gasteiger charge is -1.96. The molecule has 0 bridgehead atoms. The lowest BCUT2D eigenvalue weighted by atomic mass is 10.3. The van der Waals surface area contributed by atoms with Gasteiger partial charge in [0.2, 0.25) is 11.7 Å². The maximum Gasteiger partial charge on any atom is 0.229 e. The Morgan fingerprint density at radius 2 is 2.19 bits per heavy atom. The van der Waals surface area contributed by atoms with E-state index in [4.69, 9.17) is 4.52 Å². The molecule has 1 atom stereocenters. The highest BCUT2D eigenvalue weighted by Crippen LogP contribution is 2.13. The Morgan fingerprint density at radius 1 is 1.38 bits per heavy atom. The minimum Gasteiger partial charge on any atom is -0.393 e. The lowest BCUT2D eigenvalue weighted by Crippen LogP contribution is -2.04. The summed E-state index contributed by atoms with van der Waals surface area (Å²) in [6, 6.07) is 5.62. The summed E-state index contributed by atoms with van der Waals surface area (Å²) < 4.78 is 5.01. The van der Waals surface area contributed by atoms with Crippen molar-refractivity contribution in [1.29, 1.82) is 0 Å². The molecule has 2 rings (SSSR count). The van der Waals surface area contributed by atoms with Crippen LogP contribution in [0.3, 0.4) is 0 Å². The van der Waals surface area contributed by atoms with Gasteiger partial charge in [-0.15, -0.1) is 0 Å². The number of aliphatic hydroxyl groups is 1. The average Bonchev–Trinajstić information content (AvgIpc) is 2.65. The third-order valence-electron chi connectivity index (χ3n) is 2.06. The smallest absolute Gasteiger partial charge is 0.229 e. The van der Waals surface area contributed by atoms with Gasteiger partial charge in [0.1, 0.15) is 5.69 Å². The third kappa shape index (κ3) is 2.43. The Balaban J connectivity index is 2.24. The first-order chi connectivity index (χ1) is 7.65. The molecule has 0 spiro atoms. The van der Waals surface area contributed by atoms with E-state index in [2.05, 4.69) is 15.1 Å². The zero-order chi connectivity index (χ0) is 11.5. The molecule has 16 heavy (non-hydrogen) atoms. The topological polar surface area (TPSA) is 72.0 Å². The number of aromatic nitrogens is 3. The van der Waals surface area contributed by atoms with Gasteiger partial charge in [0.05, 0.1) is 12.5 Å². The summed E-state index contributed by atoms with van der Waals surface area (Å²) in [5.41, 5.74) is 1.58. The molecule has 2 aromatic heterocycles. The number of nitrogens with zero attached hydrogens (tertiary/aromatic N) is 3. The van der Waals surface area contributed by atoms with E-state index in [0.717, 1.165) is 5.69 Å². The van der Waals surface area contributed by atoms with E-state index < -0.39 is 6.10 Å². The zero-order valence-corrected chi connectivity index (χ0v) is 9.21. The second kappa shape index (κ2) is 4.40. The van der Waals surface area contributed by atoms with Crippen molar-refractivity contribution < 1.29 is 9.63 Å². The zero-order valence-electron chi connectivity index (χ0n) is 9.21. The van der Waals surface area contributed by atoms with Crippen LogP contribution in [0.5, 0.6) is 0 Å². The average molecular weight is 219 g/mol. The first-order valence-corrected chi connectivity index (χ1v) is 5.10. The summed E-state index contributed by atoms with van der Waals surface area (Å²) in [4.78, 5) is 8.45. The van der Waals surface area contributed by atoms with Crippen molar-refractivity contribution in [3.05, 3.63) is 29.8 Å². The highest BCUT2D eigenvalue weighted by atomic mass is 16.5. The number of hydrogen-bond donors (Lipinski definition) is 1. The third-order valence-corrected chi connectivity index (χ3v) is 2.06. The predicted molar refractivity (Wildman–Crippen MR) is 57.7 cm³/mol. The van der Waals surface area contributed by atoms with E-state index in [0.29, 0.717) is 23.8 Å². The van der Waals surface area contributed by atoms with Crippen LogP contribution in [0.2, 0.25) is 0 Å². The molecule has 0 aliphatic carbocycles. The van der Waals surface area contributed by atoms with Crippen LogP contribution in [0.1, 0.15) is 18.5 Å². The van der Waals surface area contributed by atoms with Gasteiger partial charge in [-0.3, -0.25) is 0 Å². The van der Waals surface area contributed by atoms with Gasteiger partial charge in [-0.25, -0.2) is 4.98 Å². The molecule has 0 aromatic carbocycles. The van der Waals surface area contributed by atoms with Crippen LogP contribution in [0.25, 0.3) is 11.5 Å². The summed E-state index contributed by atoms with van der Waals surface area (Å²) in [5, 5.41) is 13.0. The standard InChI is InChI=1S/C11H13N3O2/c1-7-4-3-5-9(12-7)11-13-10(16-14-11)6-8(2)15/h3-5,8,15H,6H2,1-2H3. The highest BCUT2D eigenvalue weighted by Gasteiger charge is 2.11. The van der Waals surface area contributed by atoms with E-state index in [1.54, 1.807) is 6.92 Å². The summed E-state index contributed by atoms with van der Waals surface area (Å²) in [7, 11) is 0. The second-order valence-corrected chi connectivity index (χ2v) is 3.73. The Hall–Kier alpha value is -1.75. The van der Waals surface area contributed by atoms with Crippen LogP contribution in [0.4, 0.5) is 0 Å². The van der Waals surface area contributed by atoms with Crippen LogP contribution < -0.4 is 0 Å². The molecule has 0 saturated carbocycles. The molecule has 5 heteroatoms. The van der Waals surface area contributed by atoms with Gasteiger partial charge < -0.3 is 9.63 Å². The van der Waals surface area contributed by atoms with Gasteiger partial charge in [-0.05, 0) is 26.0 Å². The molecular weight excluding hydrogens is 206 g/mol. The van der Waals surface area contributed by atoms with Crippen molar-refractivity contribution in [2.24, 2.45) is 0 Å². The van der Waals surface area contributed by atoms with Crippen molar-refractivity contribution >= 4 is 0 Å². The fourth-order valence-electron chi connectivity index (χ4n) is 1.36. The van der Waals surface area contributed by atoms with E-state index in [9.17, 15) is 5.11 Å². The van der Waals surface area contributed by atoms with Crippen molar-refractivity contribution in [3.63, 3.8) is 0 Å². The minimum absolute atomic E-state index is 0.360. The molecule has 2 heterocycles. The molecule has 0 fully saturated rings. The molecule has 1 unspecified atom stereocenters. The fourth-order valence-corrected chi connectivity index (χ4v) is 1.36. The van der Waals surface area contributed by atoms with Gasteiger partial charge in [-0.1, -0.05) is 11.2 Å². The largest absolute Gasteiger partial charge is 0.393 e. The highest BCUT2D eigenvalue weighted by molar-refractivity contribution is 5.47. The van der Waals surface area contributed by atoms with Crippen LogP contribution in [-0.2, 0) is 6.42 Å². The minimum atomic E-state index is -0.487. The molecule has 0 aliphatic rings. The van der Waals surface area contributed by atoms with E-state index in [1.165, 1.54) is 0 Å². The summed E-state index contributed by atoms with van der Waals surface area (Å²) in [5.74, 6) is 0.882. The SMILES string of the molecule is Cc1cccc(-c2noc(CC(C)O)n2)n1. The molecule has 2 aromatic rings. The Bertz CT molecular complexity index is 480. The maximum absolute atomic E-state index is 9.19. The van der Waals surface area contributed by atoms with Crippen molar-refractivity contribution in [2.45, 2.75) is 26.4 Å². The molecule has 0 saturated heterocycles. The van der Waals surface area contributed by atoms with E-state index in [-0.39, 0.29) is 0 Å². The Morgan fingerprint density at radius 3 is 2.88 bits per heavy atom.